The van der Waals surface area contributed by atoms with Gasteiger partial charge >= 0.3 is 5.97 Å². The van der Waals surface area contributed by atoms with Crippen LogP contribution < -0.4 is 5.56 Å². The van der Waals surface area contributed by atoms with Crippen LogP contribution in [-0.2, 0) is 25.4 Å². The van der Waals surface area contributed by atoms with Gasteiger partial charge in [0.25, 0.3) is 5.56 Å². The predicted octanol–water partition coefficient (Wildman–Crippen LogP) is 2.43. The van der Waals surface area contributed by atoms with E-state index in [1.807, 2.05) is 48.0 Å². The molecule has 0 saturated heterocycles. The standard InChI is InChI=1S/C21H17N5O3/c1-24-11-15(13-7-3-5-9-16(13)24)20(28)29-12-18-22-23-21-25(2)19(27)14-8-4-6-10-17(14)26(18)21/h3-11H,12H2,1-2H3. The van der Waals surface area contributed by atoms with E-state index in [-0.39, 0.29) is 12.2 Å². The second-order valence-electron chi connectivity index (χ2n) is 6.88. The van der Waals surface area contributed by atoms with Gasteiger partial charge in [-0.1, -0.05) is 30.3 Å². The molecule has 5 aromatic rings. The van der Waals surface area contributed by atoms with Crippen LogP contribution in [0.25, 0.3) is 27.6 Å². The maximum Gasteiger partial charge on any atom is 0.340 e. The Kier molecular flexibility index (Phi) is 3.73. The summed E-state index contributed by atoms with van der Waals surface area (Å²) >= 11 is 0. The number of hydrogen-bond donors (Lipinski definition) is 0. The van der Waals surface area contributed by atoms with Gasteiger partial charge in [-0.2, -0.15) is 0 Å². The minimum Gasteiger partial charge on any atom is -0.454 e. The highest BCUT2D eigenvalue weighted by Crippen LogP contribution is 2.21. The van der Waals surface area contributed by atoms with Crippen molar-refractivity contribution in [3.63, 3.8) is 0 Å². The van der Waals surface area contributed by atoms with Crippen molar-refractivity contribution < 1.29 is 9.53 Å². The second-order valence-corrected chi connectivity index (χ2v) is 6.88. The highest BCUT2D eigenvalue weighted by molar-refractivity contribution is 6.04. The van der Waals surface area contributed by atoms with E-state index in [4.69, 9.17) is 4.74 Å². The Labute approximate surface area is 164 Å². The monoisotopic (exact) mass is 387 g/mol. The number of nitrogens with zero attached hydrogens (tertiary/aromatic N) is 5. The van der Waals surface area contributed by atoms with E-state index in [1.165, 1.54) is 4.57 Å². The number of carbonyl (C=O) groups is 1. The number of benzene rings is 2. The first-order valence-corrected chi connectivity index (χ1v) is 9.09. The van der Waals surface area contributed by atoms with E-state index >= 15 is 0 Å². The van der Waals surface area contributed by atoms with Gasteiger partial charge in [-0.05, 0) is 18.2 Å². The average molecular weight is 387 g/mol. The van der Waals surface area contributed by atoms with Gasteiger partial charge in [-0.25, -0.2) is 4.79 Å². The molecule has 29 heavy (non-hydrogen) atoms. The predicted molar refractivity (Wildman–Crippen MR) is 108 cm³/mol. The van der Waals surface area contributed by atoms with Crippen molar-refractivity contribution in [3.8, 4) is 0 Å². The van der Waals surface area contributed by atoms with Crippen molar-refractivity contribution >= 4 is 33.6 Å². The van der Waals surface area contributed by atoms with Crippen LogP contribution in [0.15, 0.2) is 59.5 Å². The number of rotatable bonds is 3. The smallest absolute Gasteiger partial charge is 0.340 e. The van der Waals surface area contributed by atoms with Gasteiger partial charge < -0.3 is 9.30 Å². The number of fused-ring (bicyclic) bond motifs is 4. The lowest BCUT2D eigenvalue weighted by Gasteiger charge is -2.08. The molecule has 8 nitrogen and oxygen atoms in total. The number of aryl methyl sites for hydroxylation is 2. The molecule has 0 fully saturated rings. The number of aromatic nitrogens is 5. The molecule has 0 aliphatic rings. The fraction of sp³-hybridized carbons (Fsp3) is 0.143. The average Bonchev–Trinajstić information content (AvgIpc) is 3.32. The van der Waals surface area contributed by atoms with Gasteiger partial charge in [0.05, 0.1) is 16.5 Å². The lowest BCUT2D eigenvalue weighted by Crippen LogP contribution is -2.20. The first-order chi connectivity index (χ1) is 14.1. The van der Waals surface area contributed by atoms with Crippen LogP contribution in [0.2, 0.25) is 0 Å². The Hall–Kier alpha value is -3.94. The summed E-state index contributed by atoms with van der Waals surface area (Å²) in [5, 5.41) is 9.64. The molecule has 0 spiro atoms. The molecule has 5 rings (SSSR count). The first kappa shape index (κ1) is 17.2. The molecule has 0 saturated carbocycles. The van der Waals surface area contributed by atoms with Crippen molar-refractivity contribution in [1.82, 2.24) is 23.7 Å². The number of esters is 1. The Morgan fingerprint density at radius 2 is 1.66 bits per heavy atom. The number of carbonyl (C=O) groups excluding carboxylic acids is 1. The fourth-order valence-electron chi connectivity index (χ4n) is 3.70. The van der Waals surface area contributed by atoms with Gasteiger partial charge in [0, 0.05) is 31.2 Å². The van der Waals surface area contributed by atoms with E-state index in [2.05, 4.69) is 10.2 Å². The van der Waals surface area contributed by atoms with E-state index in [0.29, 0.717) is 28.1 Å². The molecule has 0 aliphatic carbocycles. The zero-order valence-electron chi connectivity index (χ0n) is 15.9. The van der Waals surface area contributed by atoms with Crippen molar-refractivity contribution in [2.24, 2.45) is 14.1 Å². The van der Waals surface area contributed by atoms with Crippen molar-refractivity contribution in [3.05, 3.63) is 76.5 Å². The largest absolute Gasteiger partial charge is 0.454 e. The van der Waals surface area contributed by atoms with Gasteiger partial charge in [0.15, 0.2) is 12.4 Å². The Morgan fingerprint density at radius 3 is 2.45 bits per heavy atom. The molecule has 0 unspecified atom stereocenters. The maximum absolute atomic E-state index is 12.7. The summed E-state index contributed by atoms with van der Waals surface area (Å²) in [5.74, 6) is 0.401. The van der Waals surface area contributed by atoms with Crippen LogP contribution >= 0.6 is 0 Å². The molecule has 8 heteroatoms. The van der Waals surface area contributed by atoms with E-state index in [9.17, 15) is 9.59 Å². The van der Waals surface area contributed by atoms with Crippen LogP contribution in [0.5, 0.6) is 0 Å². The summed E-state index contributed by atoms with van der Waals surface area (Å²) in [5.41, 5.74) is 1.97. The molecule has 0 radical (unpaired) electrons. The molecular formula is C21H17N5O3. The molecule has 3 aromatic heterocycles. The van der Waals surface area contributed by atoms with Crippen LogP contribution in [0, 0.1) is 0 Å². The Bertz CT molecular complexity index is 1470. The van der Waals surface area contributed by atoms with Crippen LogP contribution in [0.1, 0.15) is 16.2 Å². The Balaban J connectivity index is 1.54. The first-order valence-electron chi connectivity index (χ1n) is 9.09. The third-order valence-corrected chi connectivity index (χ3v) is 5.14. The number of hydrogen-bond acceptors (Lipinski definition) is 5. The zero-order valence-corrected chi connectivity index (χ0v) is 15.9. The number of para-hydroxylation sites is 2. The van der Waals surface area contributed by atoms with Crippen molar-refractivity contribution in [2.75, 3.05) is 0 Å². The zero-order chi connectivity index (χ0) is 20.1. The third-order valence-electron chi connectivity index (χ3n) is 5.14. The lowest BCUT2D eigenvalue weighted by molar-refractivity contribution is 0.0463. The highest BCUT2D eigenvalue weighted by atomic mass is 16.5. The van der Waals surface area contributed by atoms with Gasteiger partial charge in [-0.3, -0.25) is 13.8 Å². The molecule has 0 atom stereocenters. The third kappa shape index (κ3) is 2.53. The van der Waals surface area contributed by atoms with Crippen LogP contribution in [-0.4, -0.2) is 29.7 Å². The molecular weight excluding hydrogens is 370 g/mol. The summed E-state index contributed by atoms with van der Waals surface area (Å²) in [6.45, 7) is -0.0641. The maximum atomic E-state index is 12.7. The molecule has 0 bridgehead atoms. The summed E-state index contributed by atoms with van der Waals surface area (Å²) in [6, 6.07) is 14.9. The summed E-state index contributed by atoms with van der Waals surface area (Å²) in [6.07, 6.45) is 1.76. The number of ether oxygens (including phenoxy) is 1. The molecule has 0 aliphatic heterocycles. The van der Waals surface area contributed by atoms with Gasteiger partial charge in [-0.15, -0.1) is 10.2 Å². The van der Waals surface area contributed by atoms with E-state index < -0.39 is 5.97 Å². The van der Waals surface area contributed by atoms with E-state index in [0.717, 1.165) is 10.9 Å². The lowest BCUT2D eigenvalue weighted by atomic mass is 10.2. The normalized spacial score (nSPS) is 11.5. The molecule has 0 amide bonds. The minimum absolute atomic E-state index is 0.0641. The Morgan fingerprint density at radius 1 is 0.966 bits per heavy atom. The SMILES string of the molecule is Cn1cc(C(=O)OCc2nnc3n(C)c(=O)c4ccccc4n23)c2ccccc21. The van der Waals surface area contributed by atoms with Crippen molar-refractivity contribution in [2.45, 2.75) is 6.61 Å². The molecule has 3 heterocycles. The summed E-state index contributed by atoms with van der Waals surface area (Å²) in [4.78, 5) is 25.3. The van der Waals surface area contributed by atoms with Gasteiger partial charge in [0.2, 0.25) is 5.78 Å². The van der Waals surface area contributed by atoms with E-state index in [1.54, 1.807) is 29.8 Å². The van der Waals surface area contributed by atoms with Crippen LogP contribution in [0.3, 0.4) is 0 Å². The highest BCUT2D eigenvalue weighted by Gasteiger charge is 2.18. The second kappa shape index (κ2) is 6.30. The summed E-state index contributed by atoms with van der Waals surface area (Å²) < 4.78 is 10.6. The van der Waals surface area contributed by atoms with Gasteiger partial charge in [0.1, 0.15) is 0 Å². The topological polar surface area (TPSA) is 83.4 Å². The molecule has 144 valence electrons. The van der Waals surface area contributed by atoms with Crippen molar-refractivity contribution in [1.29, 1.82) is 0 Å². The quantitative estimate of drug-likeness (QED) is 0.444. The minimum atomic E-state index is -0.437. The fourth-order valence-corrected chi connectivity index (χ4v) is 3.70. The summed E-state index contributed by atoms with van der Waals surface area (Å²) in [7, 11) is 3.53. The van der Waals surface area contributed by atoms with Crippen LogP contribution in [0.4, 0.5) is 0 Å². The molecule has 2 aromatic carbocycles. The molecule has 0 N–H and O–H groups in total.